The zero-order valence-corrected chi connectivity index (χ0v) is 26.7. The first-order chi connectivity index (χ1) is 22.4. The number of ether oxygens (including phenoxy) is 4. The van der Waals surface area contributed by atoms with Crippen LogP contribution in [0.25, 0.3) is 0 Å². The number of rotatable bonds is 16. The van der Waals surface area contributed by atoms with Crippen LogP contribution in [-0.2, 0) is 47.7 Å². The normalized spacial score (nSPS) is 32.2. The number of carboxylic acids is 1. The molecule has 48 heavy (non-hydrogen) atoms. The van der Waals surface area contributed by atoms with Crippen LogP contribution in [0.4, 0.5) is 0 Å². The Kier molecular flexibility index (Phi) is 15.5. The molecule has 21 nitrogen and oxygen atoms in total. The first-order valence-electron chi connectivity index (χ1n) is 15.0. The zero-order chi connectivity index (χ0) is 36.5. The predicted molar refractivity (Wildman–Crippen MR) is 156 cm³/mol. The van der Waals surface area contributed by atoms with Crippen molar-refractivity contribution in [1.82, 2.24) is 21.3 Å². The number of carbonyl (C=O) groups excluding carboxylic acids is 5. The number of hydrogen-bond donors (Lipinski definition) is 11. The van der Waals surface area contributed by atoms with Crippen LogP contribution in [0.2, 0.25) is 0 Å². The number of hydrogen-bond acceptors (Lipinski definition) is 15. The van der Waals surface area contributed by atoms with Crippen LogP contribution in [0.1, 0.15) is 40.5 Å². The second kappa shape index (κ2) is 18.3. The molecule has 5 amide bonds. The Morgan fingerprint density at radius 1 is 0.812 bits per heavy atom. The Hall–Kier alpha value is -3.54. The van der Waals surface area contributed by atoms with Crippen LogP contribution in [0.5, 0.6) is 0 Å². The minimum atomic E-state index is -1.75. The number of carbonyl (C=O) groups is 6. The average Bonchev–Trinajstić information content (AvgIpc) is 3.00. The van der Waals surface area contributed by atoms with Gasteiger partial charge in [-0.3, -0.25) is 28.8 Å². The van der Waals surface area contributed by atoms with E-state index < -0.39 is 135 Å². The first-order valence-corrected chi connectivity index (χ1v) is 15.0. The maximum atomic E-state index is 13.0. The second-order valence-electron chi connectivity index (χ2n) is 11.4. The molecular weight excluding hydrogens is 650 g/mol. The number of carboxylic acid groups (broad SMARTS) is 1. The Balaban J connectivity index is 2.26. The van der Waals surface area contributed by atoms with E-state index in [0.29, 0.717) is 0 Å². The fourth-order valence-electron chi connectivity index (χ4n) is 5.07. The summed E-state index contributed by atoms with van der Waals surface area (Å²) >= 11 is 0. The van der Waals surface area contributed by atoms with Gasteiger partial charge in [0.15, 0.2) is 12.6 Å². The molecule has 13 atom stereocenters. The van der Waals surface area contributed by atoms with Crippen molar-refractivity contribution in [3.05, 3.63) is 0 Å². The lowest BCUT2D eigenvalue weighted by atomic mass is 9.94. The van der Waals surface area contributed by atoms with E-state index in [1.165, 1.54) is 13.8 Å². The number of aliphatic carboxylic acids is 1. The highest BCUT2D eigenvalue weighted by atomic mass is 16.7. The molecule has 0 aromatic heterocycles. The summed E-state index contributed by atoms with van der Waals surface area (Å²) in [4.78, 5) is 72.0. The number of aliphatic hydroxyl groups is 5. The molecule has 2 rings (SSSR count). The van der Waals surface area contributed by atoms with E-state index in [4.69, 9.17) is 29.8 Å². The monoisotopic (exact) mass is 695 g/mol. The zero-order valence-electron chi connectivity index (χ0n) is 26.7. The van der Waals surface area contributed by atoms with Gasteiger partial charge in [0.1, 0.15) is 66.9 Å². The third-order valence-corrected chi connectivity index (χ3v) is 7.55. The molecule has 0 saturated carbocycles. The second-order valence-corrected chi connectivity index (χ2v) is 11.4. The lowest BCUT2D eigenvalue weighted by Crippen LogP contribution is -2.69. The van der Waals surface area contributed by atoms with Crippen LogP contribution in [0, 0.1) is 0 Å². The quantitative estimate of drug-likeness (QED) is 0.0715. The average molecular weight is 696 g/mol. The van der Waals surface area contributed by atoms with Crippen LogP contribution in [0.3, 0.4) is 0 Å². The summed E-state index contributed by atoms with van der Waals surface area (Å²) in [5.74, 6) is -5.35. The molecule has 0 radical (unpaired) electrons. The molecule has 274 valence electrons. The van der Waals surface area contributed by atoms with Gasteiger partial charge in [-0.1, -0.05) is 0 Å². The molecule has 2 saturated heterocycles. The Bertz CT molecular complexity index is 1160. The third kappa shape index (κ3) is 11.0. The van der Waals surface area contributed by atoms with Gasteiger partial charge in [-0.05, 0) is 20.3 Å². The fraction of sp³-hybridized carbons (Fsp3) is 0.778. The number of nitrogens with one attached hydrogen (secondary N) is 4. The summed E-state index contributed by atoms with van der Waals surface area (Å²) in [6, 6.07) is -5.51. The highest BCUT2D eigenvalue weighted by molar-refractivity contribution is 5.92. The molecule has 0 aromatic carbocycles. The topological polar surface area (TPSA) is 335 Å². The summed E-state index contributed by atoms with van der Waals surface area (Å²) in [5, 5.41) is 70.2. The van der Waals surface area contributed by atoms with E-state index in [0.717, 1.165) is 13.8 Å². The van der Waals surface area contributed by atoms with E-state index >= 15 is 0 Å². The standard InChI is InChI=1S/C27H45N5O16/c1-9(24(42)32-13(23(28)41)5-6-16(37)38)29-25(43)10(2)45-22-18(31-12(4)36)27(47-14(7-33)19(22)39)48-21-15(8-34)46-26(44)17(20(21)40)30-11(3)35/h9-10,13-15,17-22,26-27,33-34,39-40,44H,5-8H2,1-4H3,(H2,28,41)(H,29,43)(H,30,35)(H,31,36)(H,32,42)(H,37,38)/t9-,10+,13+,14+,15+,17+,18+,19+,20+,21+,22+,26+,27-/m0/s1. The molecule has 0 aromatic rings. The van der Waals surface area contributed by atoms with Gasteiger partial charge in [0.05, 0.1) is 13.2 Å². The lowest BCUT2D eigenvalue weighted by molar-refractivity contribution is -0.331. The molecule has 0 bridgehead atoms. The van der Waals surface area contributed by atoms with Crippen LogP contribution in [0.15, 0.2) is 0 Å². The minimum Gasteiger partial charge on any atom is -0.481 e. The molecule has 2 aliphatic heterocycles. The molecule has 0 aliphatic carbocycles. The van der Waals surface area contributed by atoms with Crippen LogP contribution < -0.4 is 27.0 Å². The maximum absolute atomic E-state index is 13.0. The van der Waals surface area contributed by atoms with Crippen molar-refractivity contribution in [1.29, 1.82) is 0 Å². The van der Waals surface area contributed by atoms with Gasteiger partial charge in [-0.25, -0.2) is 0 Å². The van der Waals surface area contributed by atoms with Crippen LogP contribution in [-0.4, -0.2) is 159 Å². The summed E-state index contributed by atoms with van der Waals surface area (Å²) in [6.45, 7) is 3.08. The smallest absolute Gasteiger partial charge is 0.303 e. The predicted octanol–water partition coefficient (Wildman–Crippen LogP) is -6.36. The molecule has 2 fully saturated rings. The third-order valence-electron chi connectivity index (χ3n) is 7.55. The van der Waals surface area contributed by atoms with Gasteiger partial charge >= 0.3 is 5.97 Å². The van der Waals surface area contributed by atoms with Crippen molar-refractivity contribution < 1.29 is 78.4 Å². The lowest BCUT2D eigenvalue weighted by Gasteiger charge is -2.48. The van der Waals surface area contributed by atoms with Crippen molar-refractivity contribution >= 4 is 35.5 Å². The highest BCUT2D eigenvalue weighted by Crippen LogP contribution is 2.30. The molecule has 12 N–H and O–H groups in total. The van der Waals surface area contributed by atoms with Gasteiger partial charge in [-0.15, -0.1) is 0 Å². The summed E-state index contributed by atoms with van der Waals surface area (Å²) < 4.78 is 22.7. The van der Waals surface area contributed by atoms with E-state index in [1.54, 1.807) is 0 Å². The van der Waals surface area contributed by atoms with Crippen molar-refractivity contribution in [3.63, 3.8) is 0 Å². The minimum absolute atomic E-state index is 0.296. The first kappa shape index (κ1) is 40.6. The van der Waals surface area contributed by atoms with E-state index in [-0.39, 0.29) is 6.42 Å². The Morgan fingerprint density at radius 2 is 1.40 bits per heavy atom. The number of amides is 5. The van der Waals surface area contributed by atoms with Gasteiger partial charge in [0.25, 0.3) is 0 Å². The molecule has 0 spiro atoms. The van der Waals surface area contributed by atoms with Crippen molar-refractivity contribution in [2.45, 2.75) is 120 Å². The van der Waals surface area contributed by atoms with E-state index in [2.05, 4.69) is 21.3 Å². The number of nitrogens with two attached hydrogens (primary N) is 1. The Labute approximate surface area is 274 Å². The summed E-state index contributed by atoms with van der Waals surface area (Å²) in [7, 11) is 0. The maximum Gasteiger partial charge on any atom is 0.303 e. The van der Waals surface area contributed by atoms with Crippen molar-refractivity contribution in [3.8, 4) is 0 Å². The van der Waals surface area contributed by atoms with Gasteiger partial charge < -0.3 is 76.6 Å². The van der Waals surface area contributed by atoms with E-state index in [9.17, 15) is 54.3 Å². The van der Waals surface area contributed by atoms with Gasteiger partial charge in [0.2, 0.25) is 29.5 Å². The van der Waals surface area contributed by atoms with Gasteiger partial charge in [0, 0.05) is 20.3 Å². The molecule has 2 heterocycles. The molecule has 0 unspecified atom stereocenters. The van der Waals surface area contributed by atoms with Crippen molar-refractivity contribution in [2.75, 3.05) is 13.2 Å². The van der Waals surface area contributed by atoms with Gasteiger partial charge in [-0.2, -0.15) is 0 Å². The SMILES string of the molecule is CC(=O)N[C@@H]1[C@@H](O)[C@H](O[C@@H]2O[C@H](CO)[C@@H](O)[C@H](O[C@H](C)C(=O)N[C@@H](C)C(=O)N[C@H](CCC(=O)O)C(N)=O)[C@H]2NC(C)=O)[C@@H](CO)O[C@H]1O. The fourth-order valence-corrected chi connectivity index (χ4v) is 5.07. The summed E-state index contributed by atoms with van der Waals surface area (Å²) in [5.41, 5.74) is 5.23. The van der Waals surface area contributed by atoms with Crippen LogP contribution >= 0.6 is 0 Å². The number of aliphatic hydroxyl groups excluding tert-OH is 5. The van der Waals surface area contributed by atoms with Crippen molar-refractivity contribution in [2.24, 2.45) is 5.73 Å². The molecule has 2 aliphatic rings. The van der Waals surface area contributed by atoms with E-state index in [1.807, 2.05) is 0 Å². The highest BCUT2D eigenvalue weighted by Gasteiger charge is 2.52. The molecule has 21 heteroatoms. The number of primary amides is 1. The Morgan fingerprint density at radius 3 is 1.92 bits per heavy atom. The summed E-state index contributed by atoms with van der Waals surface area (Å²) in [6.07, 6.45) is -15.0. The largest absolute Gasteiger partial charge is 0.481 e. The molecular formula is C27H45N5O16.